The SMILES string of the molecule is [C-]#[N+]C1C(=O)ON=C1c1ccccc1. The molecule has 1 aliphatic rings. The lowest BCUT2D eigenvalue weighted by Gasteiger charge is -1.96. The third kappa shape index (κ3) is 1.25. The molecule has 0 fully saturated rings. The number of rotatable bonds is 1. The Bertz CT molecular complexity index is 431. The van der Waals surface area contributed by atoms with Crippen LogP contribution in [-0.2, 0) is 9.63 Å². The van der Waals surface area contributed by atoms with Crippen LogP contribution in [0.3, 0.4) is 0 Å². The molecule has 0 bridgehead atoms. The molecule has 0 saturated heterocycles. The van der Waals surface area contributed by atoms with Gasteiger partial charge in [0.05, 0.1) is 0 Å². The zero-order chi connectivity index (χ0) is 9.97. The Labute approximate surface area is 80.6 Å². The van der Waals surface area contributed by atoms with Gasteiger partial charge in [-0.2, -0.15) is 0 Å². The summed E-state index contributed by atoms with van der Waals surface area (Å²) in [5.74, 6) is -0.598. The summed E-state index contributed by atoms with van der Waals surface area (Å²) in [7, 11) is 0. The van der Waals surface area contributed by atoms with Crippen LogP contribution >= 0.6 is 0 Å². The monoisotopic (exact) mass is 186 g/mol. The van der Waals surface area contributed by atoms with E-state index in [1.807, 2.05) is 18.2 Å². The number of hydrogen-bond donors (Lipinski definition) is 0. The summed E-state index contributed by atoms with van der Waals surface area (Å²) in [5.41, 5.74) is 1.14. The average molecular weight is 186 g/mol. The molecule has 4 heteroatoms. The highest BCUT2D eigenvalue weighted by Crippen LogP contribution is 2.15. The Morgan fingerprint density at radius 3 is 2.71 bits per heavy atom. The van der Waals surface area contributed by atoms with Crippen molar-refractivity contribution in [3.63, 3.8) is 0 Å². The molecular weight excluding hydrogens is 180 g/mol. The van der Waals surface area contributed by atoms with Gasteiger partial charge in [0.15, 0.2) is 5.71 Å². The predicted octanol–water partition coefficient (Wildman–Crippen LogP) is 1.24. The molecule has 0 N–H and O–H groups in total. The lowest BCUT2D eigenvalue weighted by Crippen LogP contribution is -2.21. The molecule has 1 aromatic carbocycles. The van der Waals surface area contributed by atoms with Gasteiger partial charge in [0, 0.05) is 5.56 Å². The molecule has 1 aliphatic heterocycles. The van der Waals surface area contributed by atoms with Crippen LogP contribution in [0.15, 0.2) is 35.5 Å². The second-order valence-electron chi connectivity index (χ2n) is 2.78. The molecule has 1 atom stereocenters. The normalized spacial score (nSPS) is 19.8. The van der Waals surface area contributed by atoms with E-state index in [4.69, 9.17) is 6.57 Å². The third-order valence-corrected chi connectivity index (χ3v) is 1.91. The fraction of sp³-hybridized carbons (Fsp3) is 0.100. The third-order valence-electron chi connectivity index (χ3n) is 1.91. The summed E-state index contributed by atoms with van der Waals surface area (Å²) in [6, 6.07) is 8.17. The fourth-order valence-corrected chi connectivity index (χ4v) is 1.24. The molecule has 0 aliphatic carbocycles. The lowest BCUT2D eigenvalue weighted by molar-refractivity contribution is -0.140. The zero-order valence-corrected chi connectivity index (χ0v) is 7.18. The van der Waals surface area contributed by atoms with Crippen molar-refractivity contribution in [2.75, 3.05) is 0 Å². The van der Waals surface area contributed by atoms with E-state index in [0.717, 1.165) is 5.56 Å². The minimum absolute atomic E-state index is 0.394. The molecule has 4 nitrogen and oxygen atoms in total. The molecular formula is C10H6N2O2. The van der Waals surface area contributed by atoms with Gasteiger partial charge < -0.3 is 4.84 Å². The first-order valence-corrected chi connectivity index (χ1v) is 4.03. The standard InChI is InChI=1S/C10H6N2O2/c1-11-9-8(12-14-10(9)13)7-5-3-2-4-6-7/h2-6,9H. The maximum atomic E-state index is 11.0. The van der Waals surface area contributed by atoms with E-state index in [9.17, 15) is 4.79 Å². The Kier molecular flexibility index (Phi) is 1.99. The Morgan fingerprint density at radius 1 is 1.36 bits per heavy atom. The first-order chi connectivity index (χ1) is 6.83. The first kappa shape index (κ1) is 8.45. The van der Waals surface area contributed by atoms with Gasteiger partial charge in [-0.3, -0.25) is 4.85 Å². The molecule has 68 valence electrons. The topological polar surface area (TPSA) is 43.0 Å². The average Bonchev–Trinajstić information content (AvgIpc) is 2.61. The molecule has 1 aromatic rings. The quantitative estimate of drug-likeness (QED) is 0.489. The van der Waals surface area contributed by atoms with E-state index in [1.165, 1.54) is 0 Å². The number of nitrogens with zero attached hydrogens (tertiary/aromatic N) is 2. The van der Waals surface area contributed by atoms with Gasteiger partial charge in [-0.05, 0) is 0 Å². The zero-order valence-electron chi connectivity index (χ0n) is 7.18. The number of oxime groups is 1. The van der Waals surface area contributed by atoms with Crippen molar-refractivity contribution in [3.8, 4) is 0 Å². The largest absolute Gasteiger partial charge is 0.423 e. The minimum atomic E-state index is -0.905. The molecule has 0 spiro atoms. The molecule has 14 heavy (non-hydrogen) atoms. The van der Waals surface area contributed by atoms with Crippen LogP contribution in [0, 0.1) is 6.57 Å². The summed E-state index contributed by atoms with van der Waals surface area (Å²) in [6.45, 7) is 6.85. The lowest BCUT2D eigenvalue weighted by atomic mass is 10.0. The van der Waals surface area contributed by atoms with Crippen molar-refractivity contribution in [2.24, 2.45) is 5.16 Å². The van der Waals surface area contributed by atoms with Crippen LogP contribution in [0.1, 0.15) is 5.56 Å². The fourth-order valence-electron chi connectivity index (χ4n) is 1.24. The van der Waals surface area contributed by atoms with Crippen molar-refractivity contribution < 1.29 is 9.63 Å². The van der Waals surface area contributed by atoms with Crippen LogP contribution in [0.2, 0.25) is 0 Å². The maximum Gasteiger partial charge on any atom is 0.423 e. The highest BCUT2D eigenvalue weighted by Gasteiger charge is 2.39. The van der Waals surface area contributed by atoms with E-state index in [-0.39, 0.29) is 0 Å². The van der Waals surface area contributed by atoms with Gasteiger partial charge in [0.2, 0.25) is 0 Å². The van der Waals surface area contributed by atoms with Gasteiger partial charge in [-0.15, -0.1) is 0 Å². The Hall–Kier alpha value is -2.15. The highest BCUT2D eigenvalue weighted by atomic mass is 16.7. The molecule has 0 radical (unpaired) electrons. The predicted molar refractivity (Wildman–Crippen MR) is 49.5 cm³/mol. The molecule has 2 rings (SSSR count). The van der Waals surface area contributed by atoms with E-state index < -0.39 is 12.0 Å². The summed E-state index contributed by atoms with van der Waals surface area (Å²) in [5, 5.41) is 3.59. The van der Waals surface area contributed by atoms with Gasteiger partial charge in [-0.1, -0.05) is 35.5 Å². The van der Waals surface area contributed by atoms with Gasteiger partial charge in [-0.25, -0.2) is 11.4 Å². The van der Waals surface area contributed by atoms with Crippen molar-refractivity contribution in [3.05, 3.63) is 47.3 Å². The number of hydrogen-bond acceptors (Lipinski definition) is 3. The van der Waals surface area contributed by atoms with Crippen LogP contribution in [0.5, 0.6) is 0 Å². The van der Waals surface area contributed by atoms with E-state index in [1.54, 1.807) is 12.1 Å². The van der Waals surface area contributed by atoms with Crippen molar-refractivity contribution in [2.45, 2.75) is 6.04 Å². The van der Waals surface area contributed by atoms with Crippen LogP contribution in [0.25, 0.3) is 4.85 Å². The molecule has 1 unspecified atom stereocenters. The van der Waals surface area contributed by atoms with E-state index in [2.05, 4.69) is 14.8 Å². The van der Waals surface area contributed by atoms with Crippen LogP contribution < -0.4 is 0 Å². The summed E-state index contributed by atoms with van der Waals surface area (Å²) < 4.78 is 0. The van der Waals surface area contributed by atoms with Crippen LogP contribution in [0.4, 0.5) is 0 Å². The number of carbonyl (C=O) groups excluding carboxylic acids is 1. The second-order valence-corrected chi connectivity index (χ2v) is 2.78. The molecule has 1 heterocycles. The van der Waals surface area contributed by atoms with Gasteiger partial charge in [0.1, 0.15) is 0 Å². The Morgan fingerprint density at radius 2 is 2.07 bits per heavy atom. The van der Waals surface area contributed by atoms with Gasteiger partial charge >= 0.3 is 12.0 Å². The first-order valence-electron chi connectivity index (χ1n) is 4.03. The van der Waals surface area contributed by atoms with Crippen molar-refractivity contribution >= 4 is 11.7 Å². The van der Waals surface area contributed by atoms with E-state index in [0.29, 0.717) is 5.71 Å². The van der Waals surface area contributed by atoms with E-state index >= 15 is 0 Å². The molecule has 0 aromatic heterocycles. The van der Waals surface area contributed by atoms with Crippen molar-refractivity contribution in [1.82, 2.24) is 0 Å². The smallest absolute Gasteiger partial charge is 0.309 e. The summed E-state index contributed by atoms with van der Waals surface area (Å²) in [6.07, 6.45) is 0. The second kappa shape index (κ2) is 3.30. The summed E-state index contributed by atoms with van der Waals surface area (Å²) >= 11 is 0. The maximum absolute atomic E-state index is 11.0. The number of carbonyl (C=O) groups is 1. The van der Waals surface area contributed by atoms with Gasteiger partial charge in [0.25, 0.3) is 0 Å². The van der Waals surface area contributed by atoms with Crippen molar-refractivity contribution in [1.29, 1.82) is 0 Å². The molecule has 0 saturated carbocycles. The molecule has 0 amide bonds. The summed E-state index contributed by atoms with van der Waals surface area (Å²) in [4.78, 5) is 18.7. The van der Waals surface area contributed by atoms with Crippen LogP contribution in [-0.4, -0.2) is 17.7 Å². The number of benzene rings is 1. The minimum Gasteiger partial charge on any atom is -0.309 e. The Balaban J connectivity index is 2.38. The highest BCUT2D eigenvalue weighted by molar-refractivity contribution is 6.18.